The quantitative estimate of drug-likeness (QED) is 0.686. The molecule has 2 aliphatic heterocycles. The van der Waals surface area contributed by atoms with Crippen molar-refractivity contribution in [3.8, 4) is 0 Å². The van der Waals surface area contributed by atoms with Crippen molar-refractivity contribution >= 4 is 26.4 Å². The van der Waals surface area contributed by atoms with Crippen molar-refractivity contribution in [3.05, 3.63) is 60.3 Å². The maximum absolute atomic E-state index is 13.3. The Balaban J connectivity index is 1.47. The molecule has 2 aliphatic rings. The van der Waals surface area contributed by atoms with E-state index in [9.17, 15) is 8.42 Å². The molecule has 2 saturated heterocycles. The monoisotopic (exact) mass is 421 g/mol. The largest absolute Gasteiger partial charge is 0.372 e. The number of piperidine rings is 1. The van der Waals surface area contributed by atoms with E-state index < -0.39 is 9.84 Å². The lowest BCUT2D eigenvalue weighted by molar-refractivity contribution is 0.460. The lowest BCUT2D eigenvalue weighted by Crippen LogP contribution is -2.26. The zero-order valence-corrected chi connectivity index (χ0v) is 17.9. The number of benzene rings is 2. The molecule has 1 aromatic heterocycles. The van der Waals surface area contributed by atoms with Crippen LogP contribution >= 0.6 is 0 Å². The predicted molar refractivity (Wildman–Crippen MR) is 120 cm³/mol. The molecule has 2 aromatic carbocycles. The number of hydrogen-bond acceptors (Lipinski definition) is 5. The molecule has 5 rings (SSSR count). The van der Waals surface area contributed by atoms with Crippen LogP contribution in [0.3, 0.4) is 0 Å². The third-order valence-electron chi connectivity index (χ3n) is 6.40. The summed E-state index contributed by atoms with van der Waals surface area (Å²) in [6.07, 6.45) is 6.08. The van der Waals surface area contributed by atoms with E-state index in [1.807, 2.05) is 18.2 Å². The fourth-order valence-corrected chi connectivity index (χ4v) is 5.91. The number of fused-ring (bicyclic) bond motifs is 1. The summed E-state index contributed by atoms with van der Waals surface area (Å²) in [5.41, 5.74) is 3.13. The van der Waals surface area contributed by atoms with Crippen LogP contribution < -0.4 is 10.2 Å². The second-order valence-electron chi connectivity index (χ2n) is 8.34. The molecule has 5 nitrogen and oxygen atoms in total. The first-order valence-electron chi connectivity index (χ1n) is 10.8. The molecule has 0 atom stereocenters. The van der Waals surface area contributed by atoms with Gasteiger partial charge >= 0.3 is 0 Å². The summed E-state index contributed by atoms with van der Waals surface area (Å²) < 4.78 is 26.6. The van der Waals surface area contributed by atoms with Crippen LogP contribution in [0.15, 0.2) is 64.5 Å². The van der Waals surface area contributed by atoms with Gasteiger partial charge in [-0.1, -0.05) is 18.2 Å². The van der Waals surface area contributed by atoms with E-state index in [-0.39, 0.29) is 4.90 Å². The SMILES string of the molecule is O=S(=O)(c1cccc(N2CCCC2)c1)c1cnc2cc(C3CCNCC3)ccc2c1. The van der Waals surface area contributed by atoms with Crippen molar-refractivity contribution in [3.63, 3.8) is 0 Å². The molecule has 0 unspecified atom stereocenters. The van der Waals surface area contributed by atoms with Crippen molar-refractivity contribution in [2.45, 2.75) is 41.4 Å². The average molecular weight is 422 g/mol. The minimum absolute atomic E-state index is 0.253. The minimum Gasteiger partial charge on any atom is -0.372 e. The molecule has 2 fully saturated rings. The van der Waals surface area contributed by atoms with E-state index in [0.29, 0.717) is 10.8 Å². The number of aromatic nitrogens is 1. The third kappa shape index (κ3) is 3.70. The van der Waals surface area contributed by atoms with E-state index in [1.54, 1.807) is 18.2 Å². The number of anilines is 1. The van der Waals surface area contributed by atoms with Gasteiger partial charge in [-0.25, -0.2) is 8.42 Å². The van der Waals surface area contributed by atoms with Crippen LogP contribution in [0.4, 0.5) is 5.69 Å². The van der Waals surface area contributed by atoms with E-state index in [0.717, 1.165) is 68.5 Å². The molecule has 1 N–H and O–H groups in total. The molecule has 6 heteroatoms. The highest BCUT2D eigenvalue weighted by molar-refractivity contribution is 7.91. The van der Waals surface area contributed by atoms with Gasteiger partial charge in [-0.05, 0) is 80.6 Å². The normalized spacial score (nSPS) is 18.2. The Hall–Kier alpha value is -2.44. The molecule has 0 amide bonds. The van der Waals surface area contributed by atoms with E-state index in [1.165, 1.54) is 11.8 Å². The van der Waals surface area contributed by atoms with Crippen LogP contribution in [-0.4, -0.2) is 39.6 Å². The Morgan fingerprint density at radius 2 is 1.73 bits per heavy atom. The van der Waals surface area contributed by atoms with E-state index >= 15 is 0 Å². The Bertz CT molecular complexity index is 1160. The van der Waals surface area contributed by atoms with E-state index in [2.05, 4.69) is 27.3 Å². The van der Waals surface area contributed by atoms with Gasteiger partial charge in [0.05, 0.1) is 15.3 Å². The first-order chi connectivity index (χ1) is 14.6. The first-order valence-corrected chi connectivity index (χ1v) is 12.3. The van der Waals surface area contributed by atoms with Crippen LogP contribution in [0, 0.1) is 0 Å². The predicted octanol–water partition coefficient (Wildman–Crippen LogP) is 4.13. The highest BCUT2D eigenvalue weighted by atomic mass is 32.2. The Morgan fingerprint density at radius 1 is 0.933 bits per heavy atom. The lowest BCUT2D eigenvalue weighted by Gasteiger charge is -2.23. The number of hydrogen-bond donors (Lipinski definition) is 1. The maximum atomic E-state index is 13.3. The van der Waals surface area contributed by atoms with Crippen molar-refractivity contribution in [2.75, 3.05) is 31.1 Å². The number of nitrogens with one attached hydrogen (secondary N) is 1. The third-order valence-corrected chi connectivity index (χ3v) is 8.12. The molecule has 0 aliphatic carbocycles. The molecule has 156 valence electrons. The summed E-state index contributed by atoms with van der Waals surface area (Å²) in [6, 6.07) is 15.3. The molecule has 0 radical (unpaired) electrons. The molecule has 3 aromatic rings. The number of sulfone groups is 1. The minimum atomic E-state index is -3.61. The standard InChI is InChI=1S/C24H27N3O2S/c28-30(29,22-5-3-4-21(16-22)27-12-1-2-13-27)23-14-20-7-6-19(15-24(20)26-17-23)18-8-10-25-11-9-18/h3-7,14-18,25H,1-2,8-13H2. The Kier molecular flexibility index (Phi) is 5.21. The van der Waals surface area contributed by atoms with Crippen molar-refractivity contribution in [1.82, 2.24) is 10.3 Å². The molecule has 30 heavy (non-hydrogen) atoms. The van der Waals surface area contributed by atoms with Gasteiger partial charge in [0.15, 0.2) is 0 Å². The van der Waals surface area contributed by atoms with Crippen LogP contribution in [0.25, 0.3) is 10.9 Å². The smallest absolute Gasteiger partial charge is 0.208 e. The van der Waals surface area contributed by atoms with Gasteiger partial charge in [-0.15, -0.1) is 0 Å². The summed E-state index contributed by atoms with van der Waals surface area (Å²) in [4.78, 5) is 7.36. The number of pyridine rings is 1. The van der Waals surface area contributed by atoms with Crippen LogP contribution in [0.5, 0.6) is 0 Å². The summed E-state index contributed by atoms with van der Waals surface area (Å²) in [7, 11) is -3.61. The van der Waals surface area contributed by atoms with Gasteiger partial charge < -0.3 is 10.2 Å². The van der Waals surface area contributed by atoms with Crippen molar-refractivity contribution < 1.29 is 8.42 Å². The van der Waals surface area contributed by atoms with Crippen LogP contribution in [0.1, 0.15) is 37.2 Å². The zero-order valence-electron chi connectivity index (χ0n) is 17.0. The topological polar surface area (TPSA) is 62.3 Å². The molecular formula is C24H27N3O2S. The lowest BCUT2D eigenvalue weighted by atomic mass is 9.90. The van der Waals surface area contributed by atoms with Gasteiger partial charge in [0.1, 0.15) is 0 Å². The molecule has 0 spiro atoms. The first kappa shape index (κ1) is 19.5. The molecule has 0 bridgehead atoms. The summed E-state index contributed by atoms with van der Waals surface area (Å²) in [6.45, 7) is 4.06. The fourth-order valence-electron chi connectivity index (χ4n) is 4.63. The molecule has 3 heterocycles. The second-order valence-corrected chi connectivity index (χ2v) is 10.3. The average Bonchev–Trinajstić information content (AvgIpc) is 3.34. The van der Waals surface area contributed by atoms with Gasteiger partial charge in [0.2, 0.25) is 9.84 Å². The van der Waals surface area contributed by atoms with Gasteiger partial charge in [-0.2, -0.15) is 0 Å². The van der Waals surface area contributed by atoms with Gasteiger partial charge in [-0.3, -0.25) is 4.98 Å². The van der Waals surface area contributed by atoms with Gasteiger partial charge in [0.25, 0.3) is 0 Å². The van der Waals surface area contributed by atoms with Crippen molar-refractivity contribution in [2.24, 2.45) is 0 Å². The number of nitrogens with zero attached hydrogens (tertiary/aromatic N) is 2. The zero-order chi connectivity index (χ0) is 20.6. The summed E-state index contributed by atoms with van der Waals surface area (Å²) >= 11 is 0. The summed E-state index contributed by atoms with van der Waals surface area (Å²) in [5, 5.41) is 4.26. The Morgan fingerprint density at radius 3 is 2.53 bits per heavy atom. The molecular weight excluding hydrogens is 394 g/mol. The van der Waals surface area contributed by atoms with Crippen molar-refractivity contribution in [1.29, 1.82) is 0 Å². The van der Waals surface area contributed by atoms with Crippen LogP contribution in [0.2, 0.25) is 0 Å². The highest BCUT2D eigenvalue weighted by Crippen LogP contribution is 2.30. The van der Waals surface area contributed by atoms with Gasteiger partial charge in [0, 0.05) is 30.4 Å². The van der Waals surface area contributed by atoms with Crippen LogP contribution in [-0.2, 0) is 9.84 Å². The highest BCUT2D eigenvalue weighted by Gasteiger charge is 2.22. The second kappa shape index (κ2) is 8.00. The fraction of sp³-hybridized carbons (Fsp3) is 0.375. The number of rotatable bonds is 4. The Labute approximate surface area is 178 Å². The summed E-state index contributed by atoms with van der Waals surface area (Å²) in [5.74, 6) is 0.550. The van der Waals surface area contributed by atoms with E-state index in [4.69, 9.17) is 0 Å². The molecule has 0 saturated carbocycles. The maximum Gasteiger partial charge on any atom is 0.208 e.